The summed E-state index contributed by atoms with van der Waals surface area (Å²) in [6.07, 6.45) is 1.93. The van der Waals surface area contributed by atoms with Crippen LogP contribution in [0.4, 0.5) is 0 Å². The number of aliphatic carboxylic acids is 1. The molecule has 0 aromatic carbocycles. The number of thioether (sulfide) groups is 1. The Morgan fingerprint density at radius 3 is 2.76 bits per heavy atom. The molecule has 0 bridgehead atoms. The van der Waals surface area contributed by atoms with Gasteiger partial charge in [0, 0.05) is 30.5 Å². The topological polar surface area (TPSA) is 113 Å². The van der Waals surface area contributed by atoms with Crippen LogP contribution in [0.1, 0.15) is 20.3 Å². The van der Waals surface area contributed by atoms with Gasteiger partial charge in [-0.15, -0.1) is 0 Å². The van der Waals surface area contributed by atoms with Crippen LogP contribution in [0, 0.1) is 5.92 Å². The number of hydrogen-bond acceptors (Lipinski definition) is 5. The Morgan fingerprint density at radius 2 is 2.24 bits per heavy atom. The minimum absolute atomic E-state index is 0.0272. The van der Waals surface area contributed by atoms with Gasteiger partial charge in [0.2, 0.25) is 11.8 Å². The van der Waals surface area contributed by atoms with Crippen molar-refractivity contribution in [2.24, 2.45) is 11.7 Å². The Morgan fingerprint density at radius 1 is 1.57 bits per heavy atom. The average molecular weight is 311 g/mol. The van der Waals surface area contributed by atoms with Crippen LogP contribution in [-0.2, 0) is 14.4 Å². The number of amides is 2. The molecule has 0 aromatic heterocycles. The first-order chi connectivity index (χ1) is 9.84. The first-order valence-electron chi connectivity index (χ1n) is 6.48. The van der Waals surface area contributed by atoms with E-state index in [9.17, 15) is 19.5 Å². The molecule has 0 aromatic rings. The Hall–Kier alpha value is -1.80. The number of carboxylic acids is 1. The third-order valence-corrected chi connectivity index (χ3v) is 4.42. The van der Waals surface area contributed by atoms with Crippen LogP contribution in [0.5, 0.6) is 0 Å². The van der Waals surface area contributed by atoms with Crippen LogP contribution < -0.4 is 11.1 Å². The van der Waals surface area contributed by atoms with E-state index in [0.717, 1.165) is 0 Å². The molecule has 114 valence electrons. The molecule has 1 saturated heterocycles. The number of hydrogen-bond donors (Lipinski definition) is 3. The fourth-order valence-electron chi connectivity index (χ4n) is 2.65. The first kappa shape index (κ1) is 15.6. The van der Waals surface area contributed by atoms with E-state index in [0.29, 0.717) is 11.3 Å². The Labute approximate surface area is 126 Å². The molecule has 2 heterocycles. The zero-order valence-corrected chi connectivity index (χ0v) is 12.5. The fraction of sp³-hybridized carbons (Fsp3) is 0.462. The van der Waals surface area contributed by atoms with Gasteiger partial charge < -0.3 is 21.1 Å². The summed E-state index contributed by atoms with van der Waals surface area (Å²) in [7, 11) is 0. The van der Waals surface area contributed by atoms with Gasteiger partial charge in [0.25, 0.3) is 0 Å². The second kappa shape index (κ2) is 5.90. The van der Waals surface area contributed by atoms with Crippen LogP contribution in [0.2, 0.25) is 0 Å². The van der Waals surface area contributed by atoms with Gasteiger partial charge >= 0.3 is 5.97 Å². The summed E-state index contributed by atoms with van der Waals surface area (Å²) in [6, 6.07) is -0.465. The molecule has 2 rings (SSSR count). The van der Waals surface area contributed by atoms with Crippen molar-refractivity contribution in [3.63, 3.8) is 0 Å². The summed E-state index contributed by atoms with van der Waals surface area (Å²) >= 11 is 1.19. The molecule has 0 unspecified atom stereocenters. The van der Waals surface area contributed by atoms with E-state index in [-0.39, 0.29) is 35.5 Å². The van der Waals surface area contributed by atoms with Crippen LogP contribution in [0.25, 0.3) is 0 Å². The summed E-state index contributed by atoms with van der Waals surface area (Å²) in [5, 5.41) is 13.4. The summed E-state index contributed by atoms with van der Waals surface area (Å²) in [6.45, 7) is 3.13. The van der Waals surface area contributed by atoms with Crippen LogP contribution in [-0.4, -0.2) is 39.9 Å². The molecule has 3 atom stereocenters. The van der Waals surface area contributed by atoms with Gasteiger partial charge in [-0.25, -0.2) is 4.79 Å². The standard InChI is InChI=1S/C13H17N3O4S/c1-6(14)10-8-5-9(21-4-3-15-7(2)17)11(13(19)20)16(8)12(10)18/h3-4,6,8,10H,5,14H2,1-2H3,(H,15,17)(H,19,20)/b4-3+/t6-,8-,10-/m1/s1. The molecule has 7 nitrogen and oxygen atoms in total. The maximum Gasteiger partial charge on any atom is 0.353 e. The zero-order valence-electron chi connectivity index (χ0n) is 11.7. The molecule has 0 saturated carbocycles. The van der Waals surface area contributed by atoms with E-state index in [2.05, 4.69) is 5.32 Å². The van der Waals surface area contributed by atoms with Crippen molar-refractivity contribution >= 4 is 29.5 Å². The number of carbonyl (C=O) groups excluding carboxylic acids is 2. The Balaban J connectivity index is 2.13. The van der Waals surface area contributed by atoms with Crippen LogP contribution >= 0.6 is 11.8 Å². The summed E-state index contributed by atoms with van der Waals surface area (Å²) in [4.78, 5) is 36.1. The van der Waals surface area contributed by atoms with Crippen molar-refractivity contribution in [2.75, 3.05) is 0 Å². The fourth-order valence-corrected chi connectivity index (χ4v) is 3.52. The molecule has 1 fully saturated rings. The smallest absolute Gasteiger partial charge is 0.353 e. The van der Waals surface area contributed by atoms with Crippen molar-refractivity contribution in [1.29, 1.82) is 0 Å². The molecule has 0 aliphatic carbocycles. The van der Waals surface area contributed by atoms with E-state index in [1.54, 1.807) is 12.3 Å². The summed E-state index contributed by atoms with van der Waals surface area (Å²) < 4.78 is 0. The zero-order chi connectivity index (χ0) is 15.7. The molecule has 2 aliphatic rings. The van der Waals surface area contributed by atoms with Crippen molar-refractivity contribution in [2.45, 2.75) is 32.4 Å². The second-order valence-corrected chi connectivity index (χ2v) is 6.06. The highest BCUT2D eigenvalue weighted by Crippen LogP contribution is 2.46. The molecule has 21 heavy (non-hydrogen) atoms. The molecule has 4 N–H and O–H groups in total. The summed E-state index contributed by atoms with van der Waals surface area (Å²) in [5.41, 5.74) is 5.81. The minimum Gasteiger partial charge on any atom is -0.477 e. The number of β-lactam (4-membered cyclic amide) rings is 1. The second-order valence-electron chi connectivity index (χ2n) is 5.06. The van der Waals surface area contributed by atoms with Crippen molar-refractivity contribution < 1.29 is 19.5 Å². The SMILES string of the molecule is CC(=O)N/C=C/SC1=C(C(=O)O)N2C(=O)[C@H]([C@@H](C)N)[C@H]2C1. The van der Waals surface area contributed by atoms with Crippen LogP contribution in [0.3, 0.4) is 0 Å². The number of rotatable bonds is 5. The molecular weight excluding hydrogens is 294 g/mol. The maximum absolute atomic E-state index is 12.0. The largest absolute Gasteiger partial charge is 0.477 e. The highest BCUT2D eigenvalue weighted by molar-refractivity contribution is 8.05. The maximum atomic E-state index is 12.0. The van der Waals surface area contributed by atoms with Crippen LogP contribution in [0.15, 0.2) is 22.2 Å². The van der Waals surface area contributed by atoms with E-state index >= 15 is 0 Å². The minimum atomic E-state index is -1.12. The van der Waals surface area contributed by atoms with Gasteiger partial charge in [0.05, 0.1) is 12.0 Å². The van der Waals surface area contributed by atoms with Gasteiger partial charge in [-0.05, 0) is 12.3 Å². The van der Waals surface area contributed by atoms with E-state index in [1.165, 1.54) is 29.8 Å². The highest BCUT2D eigenvalue weighted by atomic mass is 32.2. The molecule has 8 heteroatoms. The van der Waals surface area contributed by atoms with E-state index < -0.39 is 5.97 Å². The normalized spacial score (nSPS) is 25.9. The van der Waals surface area contributed by atoms with Crippen molar-refractivity contribution in [3.05, 3.63) is 22.2 Å². The average Bonchev–Trinajstić information content (AvgIpc) is 2.68. The van der Waals surface area contributed by atoms with Gasteiger partial charge in [0.15, 0.2) is 0 Å². The van der Waals surface area contributed by atoms with Crippen molar-refractivity contribution in [1.82, 2.24) is 10.2 Å². The van der Waals surface area contributed by atoms with E-state index in [1.807, 2.05) is 0 Å². The number of carboxylic acid groups (broad SMARTS) is 1. The lowest BCUT2D eigenvalue weighted by Gasteiger charge is -2.45. The third-order valence-electron chi connectivity index (χ3n) is 3.50. The Bertz CT molecular complexity index is 556. The number of fused-ring (bicyclic) bond motifs is 1. The van der Waals surface area contributed by atoms with Gasteiger partial charge in [-0.2, -0.15) is 0 Å². The predicted octanol–water partition coefficient (Wildman–Crippen LogP) is 0.201. The lowest BCUT2D eigenvalue weighted by Crippen LogP contribution is -2.63. The summed E-state index contributed by atoms with van der Waals surface area (Å²) in [5.74, 6) is -1.88. The monoisotopic (exact) mass is 311 g/mol. The number of nitrogens with zero attached hydrogens (tertiary/aromatic N) is 1. The molecule has 2 amide bonds. The lowest BCUT2D eigenvalue weighted by atomic mass is 9.82. The third kappa shape index (κ3) is 2.81. The number of nitrogens with two attached hydrogens (primary N) is 1. The molecule has 2 aliphatic heterocycles. The van der Waals surface area contributed by atoms with Gasteiger partial charge in [0.1, 0.15) is 5.70 Å². The predicted molar refractivity (Wildman–Crippen MR) is 77.6 cm³/mol. The van der Waals surface area contributed by atoms with Crippen molar-refractivity contribution in [3.8, 4) is 0 Å². The number of carbonyl (C=O) groups is 3. The number of nitrogens with one attached hydrogen (secondary N) is 1. The Kier molecular flexibility index (Phi) is 4.38. The highest BCUT2D eigenvalue weighted by Gasteiger charge is 2.56. The lowest BCUT2D eigenvalue weighted by molar-refractivity contribution is -0.155. The molecule has 0 spiro atoms. The van der Waals surface area contributed by atoms with Gasteiger partial charge in [-0.1, -0.05) is 11.8 Å². The van der Waals surface area contributed by atoms with E-state index in [4.69, 9.17) is 5.73 Å². The molecule has 0 radical (unpaired) electrons. The molecular formula is C13H17N3O4S. The quantitative estimate of drug-likeness (QED) is 0.625. The first-order valence-corrected chi connectivity index (χ1v) is 7.36. The van der Waals surface area contributed by atoms with Gasteiger partial charge in [-0.3, -0.25) is 9.59 Å².